The molecule has 0 spiro atoms. The minimum atomic E-state index is -0.0597. The molecule has 26 heavy (non-hydrogen) atoms. The van der Waals surface area contributed by atoms with Crippen LogP contribution < -0.4 is 0 Å². The van der Waals surface area contributed by atoms with E-state index in [1.807, 2.05) is 0 Å². The summed E-state index contributed by atoms with van der Waals surface area (Å²) in [6, 6.07) is 0. The molecule has 4 rings (SSSR count). The molecule has 4 aliphatic carbocycles. The van der Waals surface area contributed by atoms with Gasteiger partial charge in [-0.05, 0) is 97.2 Å². The van der Waals surface area contributed by atoms with E-state index >= 15 is 0 Å². The van der Waals surface area contributed by atoms with Crippen molar-refractivity contribution in [2.24, 2.45) is 52.3 Å². The summed E-state index contributed by atoms with van der Waals surface area (Å²) >= 11 is 0. The smallest absolute Gasteiger partial charge is 0.0602 e. The van der Waals surface area contributed by atoms with Crippen LogP contribution in [0.2, 0.25) is 0 Å². The van der Waals surface area contributed by atoms with E-state index in [2.05, 4.69) is 34.6 Å². The van der Waals surface area contributed by atoms with Gasteiger partial charge in [-0.3, -0.25) is 0 Å². The van der Waals surface area contributed by atoms with Gasteiger partial charge in [0.2, 0.25) is 0 Å². The molecule has 0 aliphatic heterocycles. The second-order valence-electron chi connectivity index (χ2n) is 11.6. The van der Waals surface area contributed by atoms with E-state index in [1.54, 1.807) is 0 Å². The molecule has 0 aromatic carbocycles. The van der Waals surface area contributed by atoms with E-state index in [4.69, 9.17) is 0 Å². The molecule has 0 aromatic rings. The first-order chi connectivity index (χ1) is 12.3. The second kappa shape index (κ2) is 6.78. The molecule has 0 bridgehead atoms. The van der Waals surface area contributed by atoms with Crippen molar-refractivity contribution in [1.29, 1.82) is 0 Å². The average Bonchev–Trinajstić information content (AvgIpc) is 2.96. The lowest BCUT2D eigenvalue weighted by Crippen LogP contribution is -2.58. The quantitative estimate of drug-likeness (QED) is 0.594. The first-order valence-electron chi connectivity index (χ1n) is 12.0. The maximum Gasteiger partial charge on any atom is 0.0602 e. The van der Waals surface area contributed by atoms with E-state index < -0.39 is 0 Å². The Bertz CT molecular complexity index is 514. The summed E-state index contributed by atoms with van der Waals surface area (Å²) in [5, 5.41) is 11.5. The minimum absolute atomic E-state index is 0.0597. The van der Waals surface area contributed by atoms with E-state index in [0.717, 1.165) is 47.8 Å². The normalized spacial score (nSPS) is 54.9. The Kier molecular flexibility index (Phi) is 5.03. The monoisotopic (exact) mass is 360 g/mol. The van der Waals surface area contributed by atoms with Crippen molar-refractivity contribution in [1.82, 2.24) is 0 Å². The van der Waals surface area contributed by atoms with Crippen LogP contribution in [0.15, 0.2) is 0 Å². The van der Waals surface area contributed by atoms with Crippen LogP contribution in [-0.2, 0) is 0 Å². The summed E-state index contributed by atoms with van der Waals surface area (Å²) in [4.78, 5) is 0. The van der Waals surface area contributed by atoms with Crippen molar-refractivity contribution in [2.45, 2.75) is 105 Å². The van der Waals surface area contributed by atoms with E-state index in [1.165, 1.54) is 57.8 Å². The molecule has 0 heterocycles. The van der Waals surface area contributed by atoms with Crippen molar-refractivity contribution in [3.8, 4) is 0 Å². The standard InChI is InChI=1S/C25H44O/c1-6-7-17(3)20-10-11-21-19-9-8-18-14-16(2)12-13-24(18,4)22(19)15-23(26)25(20,21)5/h16-23,26H,6-15H2,1-5H3/t16-,17-,18-,19?,20?,21?,22?,23-,24+,25-/m1/s1. The maximum absolute atomic E-state index is 11.5. The zero-order valence-corrected chi connectivity index (χ0v) is 18.1. The molecule has 0 saturated heterocycles. The third kappa shape index (κ3) is 2.66. The Morgan fingerprint density at radius 2 is 1.77 bits per heavy atom. The molecule has 1 N–H and O–H groups in total. The largest absolute Gasteiger partial charge is 0.393 e. The van der Waals surface area contributed by atoms with Crippen LogP contribution in [0.5, 0.6) is 0 Å². The van der Waals surface area contributed by atoms with Crippen molar-refractivity contribution in [3.63, 3.8) is 0 Å². The topological polar surface area (TPSA) is 20.2 Å². The van der Waals surface area contributed by atoms with Gasteiger partial charge in [-0.15, -0.1) is 0 Å². The molecule has 0 radical (unpaired) electrons. The van der Waals surface area contributed by atoms with Gasteiger partial charge in [0.15, 0.2) is 0 Å². The van der Waals surface area contributed by atoms with E-state index in [-0.39, 0.29) is 11.5 Å². The van der Waals surface area contributed by atoms with Crippen LogP contribution in [0, 0.1) is 52.3 Å². The molecule has 4 unspecified atom stereocenters. The van der Waals surface area contributed by atoms with Gasteiger partial charge in [-0.25, -0.2) is 0 Å². The van der Waals surface area contributed by atoms with Gasteiger partial charge in [-0.1, -0.05) is 53.9 Å². The fraction of sp³-hybridized carbons (Fsp3) is 1.00. The number of hydrogen-bond acceptors (Lipinski definition) is 1. The van der Waals surface area contributed by atoms with E-state index in [0.29, 0.717) is 5.41 Å². The number of aliphatic hydroxyl groups is 1. The highest BCUT2D eigenvalue weighted by Gasteiger charge is 2.63. The summed E-state index contributed by atoms with van der Waals surface area (Å²) < 4.78 is 0. The van der Waals surface area contributed by atoms with Crippen molar-refractivity contribution >= 4 is 0 Å². The molecule has 10 atom stereocenters. The number of aliphatic hydroxyl groups excluding tert-OH is 1. The van der Waals surface area contributed by atoms with Crippen LogP contribution >= 0.6 is 0 Å². The highest BCUT2D eigenvalue weighted by molar-refractivity contribution is 5.12. The number of hydrogen-bond donors (Lipinski definition) is 1. The van der Waals surface area contributed by atoms with Gasteiger partial charge >= 0.3 is 0 Å². The molecule has 1 heteroatoms. The second-order valence-corrected chi connectivity index (χ2v) is 11.6. The predicted octanol–water partition coefficient (Wildman–Crippen LogP) is 6.69. The highest BCUT2D eigenvalue weighted by Crippen LogP contribution is 2.68. The third-order valence-electron chi connectivity index (χ3n) is 10.5. The number of rotatable bonds is 3. The summed E-state index contributed by atoms with van der Waals surface area (Å²) in [6.07, 6.45) is 13.7. The first kappa shape index (κ1) is 19.3. The van der Waals surface area contributed by atoms with Crippen molar-refractivity contribution in [3.05, 3.63) is 0 Å². The molecule has 4 aliphatic rings. The van der Waals surface area contributed by atoms with Crippen molar-refractivity contribution < 1.29 is 5.11 Å². The fourth-order valence-electron chi connectivity index (χ4n) is 9.05. The van der Waals surface area contributed by atoms with Crippen LogP contribution in [0.25, 0.3) is 0 Å². The summed E-state index contributed by atoms with van der Waals surface area (Å²) in [5.74, 6) is 5.87. The van der Waals surface area contributed by atoms with Gasteiger partial charge in [-0.2, -0.15) is 0 Å². The van der Waals surface area contributed by atoms with Gasteiger partial charge in [0, 0.05) is 0 Å². The molecule has 0 amide bonds. The van der Waals surface area contributed by atoms with Gasteiger partial charge in [0.1, 0.15) is 0 Å². The van der Waals surface area contributed by atoms with Gasteiger partial charge in [0.05, 0.1) is 6.10 Å². The Labute approximate surface area is 162 Å². The van der Waals surface area contributed by atoms with Crippen molar-refractivity contribution in [2.75, 3.05) is 0 Å². The lowest BCUT2D eigenvalue weighted by Gasteiger charge is -2.62. The molecule has 4 saturated carbocycles. The molecular weight excluding hydrogens is 316 g/mol. The Morgan fingerprint density at radius 3 is 2.50 bits per heavy atom. The predicted molar refractivity (Wildman–Crippen MR) is 110 cm³/mol. The molecule has 150 valence electrons. The summed E-state index contributed by atoms with van der Waals surface area (Å²) in [5.41, 5.74) is 0.714. The van der Waals surface area contributed by atoms with Gasteiger partial charge in [0.25, 0.3) is 0 Å². The Morgan fingerprint density at radius 1 is 1.00 bits per heavy atom. The Balaban J connectivity index is 1.61. The zero-order chi connectivity index (χ0) is 18.7. The minimum Gasteiger partial charge on any atom is -0.393 e. The maximum atomic E-state index is 11.5. The van der Waals surface area contributed by atoms with Gasteiger partial charge < -0.3 is 5.11 Å². The Hall–Kier alpha value is -0.0400. The lowest BCUT2D eigenvalue weighted by molar-refractivity contribution is -0.171. The molecule has 1 nitrogen and oxygen atoms in total. The first-order valence-corrected chi connectivity index (χ1v) is 12.0. The van der Waals surface area contributed by atoms with Crippen LogP contribution in [0.1, 0.15) is 98.8 Å². The molecular formula is C25H44O. The molecule has 0 aromatic heterocycles. The molecule has 4 fully saturated rings. The average molecular weight is 361 g/mol. The summed E-state index contributed by atoms with van der Waals surface area (Å²) in [6.45, 7) is 12.4. The SMILES string of the molecule is CCC[C@@H](C)C1CCC2C3CC[C@@H]4C[C@H](C)CC[C@]4(C)C3C[C@@H](O)[C@@]21C. The van der Waals surface area contributed by atoms with E-state index in [9.17, 15) is 5.11 Å². The lowest BCUT2D eigenvalue weighted by atomic mass is 9.43. The third-order valence-corrected chi connectivity index (χ3v) is 10.5. The van der Waals surface area contributed by atoms with Crippen LogP contribution in [0.4, 0.5) is 0 Å². The summed E-state index contributed by atoms with van der Waals surface area (Å²) in [7, 11) is 0. The van der Waals surface area contributed by atoms with Crippen LogP contribution in [-0.4, -0.2) is 11.2 Å². The zero-order valence-electron chi connectivity index (χ0n) is 18.1. The fourth-order valence-corrected chi connectivity index (χ4v) is 9.05. The van der Waals surface area contributed by atoms with Crippen LogP contribution in [0.3, 0.4) is 0 Å². The number of fused-ring (bicyclic) bond motifs is 5. The highest BCUT2D eigenvalue weighted by atomic mass is 16.3.